The minimum Gasteiger partial charge on any atom is -0.481 e. The van der Waals surface area contributed by atoms with Crippen molar-refractivity contribution in [1.82, 2.24) is 4.90 Å². The minimum atomic E-state index is -0.694. The van der Waals surface area contributed by atoms with Gasteiger partial charge in [-0.1, -0.05) is 12.1 Å². The zero-order valence-electron chi connectivity index (χ0n) is 11.8. The maximum Gasteiger partial charge on any atom is 0.303 e. The van der Waals surface area contributed by atoms with E-state index in [1.54, 1.807) is 6.07 Å². The van der Waals surface area contributed by atoms with Crippen molar-refractivity contribution in [2.75, 3.05) is 0 Å². The predicted molar refractivity (Wildman–Crippen MR) is 81.4 cm³/mol. The van der Waals surface area contributed by atoms with Gasteiger partial charge in [0.15, 0.2) is 0 Å². The van der Waals surface area contributed by atoms with Crippen LogP contribution in [0.25, 0.3) is 0 Å². The summed E-state index contributed by atoms with van der Waals surface area (Å²) in [4.78, 5) is 13.3. The summed E-state index contributed by atoms with van der Waals surface area (Å²) < 4.78 is 14.2. The lowest BCUT2D eigenvalue weighted by Gasteiger charge is -2.38. The molecule has 1 aromatic rings. The Morgan fingerprint density at radius 3 is 2.62 bits per heavy atom. The highest BCUT2D eigenvalue weighted by atomic mass is 79.9. The van der Waals surface area contributed by atoms with E-state index in [1.807, 2.05) is 6.07 Å². The molecule has 0 spiro atoms. The van der Waals surface area contributed by atoms with E-state index in [2.05, 4.69) is 20.8 Å². The first-order chi connectivity index (χ1) is 10.0. The molecule has 0 radical (unpaired) electrons. The smallest absolute Gasteiger partial charge is 0.303 e. The van der Waals surface area contributed by atoms with Crippen LogP contribution in [-0.2, 0) is 11.3 Å². The van der Waals surface area contributed by atoms with Gasteiger partial charge in [0.2, 0.25) is 0 Å². The average Bonchev–Trinajstić information content (AvgIpc) is 2.66. The van der Waals surface area contributed by atoms with Crippen LogP contribution in [0, 0.1) is 11.7 Å². The van der Waals surface area contributed by atoms with E-state index in [9.17, 15) is 9.18 Å². The second-order valence-corrected chi connectivity index (χ2v) is 7.00. The fourth-order valence-corrected chi connectivity index (χ4v) is 4.32. The van der Waals surface area contributed by atoms with Crippen molar-refractivity contribution in [1.29, 1.82) is 0 Å². The van der Waals surface area contributed by atoms with E-state index in [1.165, 1.54) is 6.07 Å². The minimum absolute atomic E-state index is 0.222. The van der Waals surface area contributed by atoms with Crippen LogP contribution >= 0.6 is 15.9 Å². The van der Waals surface area contributed by atoms with Crippen LogP contribution in [-0.4, -0.2) is 28.1 Å². The lowest BCUT2D eigenvalue weighted by molar-refractivity contribution is -0.138. The van der Waals surface area contributed by atoms with Gasteiger partial charge < -0.3 is 5.11 Å². The van der Waals surface area contributed by atoms with E-state index in [4.69, 9.17) is 5.11 Å². The van der Waals surface area contributed by atoms with Crippen molar-refractivity contribution >= 4 is 21.9 Å². The van der Waals surface area contributed by atoms with Crippen molar-refractivity contribution in [2.24, 2.45) is 5.92 Å². The molecule has 2 fully saturated rings. The summed E-state index contributed by atoms with van der Waals surface area (Å²) in [7, 11) is 0. The third-order valence-corrected chi connectivity index (χ3v) is 5.72. The molecule has 0 aliphatic carbocycles. The number of fused-ring (bicyclic) bond motifs is 2. The van der Waals surface area contributed by atoms with Gasteiger partial charge in [-0.2, -0.15) is 0 Å². The number of aliphatic carboxylic acids is 1. The summed E-state index contributed by atoms with van der Waals surface area (Å²) in [6.45, 7) is 0.744. The molecule has 0 aromatic heterocycles. The van der Waals surface area contributed by atoms with Gasteiger partial charge in [-0.25, -0.2) is 4.39 Å². The molecular formula is C16H19BrFNO2. The van der Waals surface area contributed by atoms with Crippen LogP contribution in [0.4, 0.5) is 4.39 Å². The van der Waals surface area contributed by atoms with Crippen LogP contribution in [0.2, 0.25) is 0 Å². The highest BCUT2D eigenvalue weighted by molar-refractivity contribution is 9.10. The van der Waals surface area contributed by atoms with Crippen LogP contribution in [0.3, 0.4) is 0 Å². The van der Waals surface area contributed by atoms with Crippen LogP contribution in [0.15, 0.2) is 22.7 Å². The predicted octanol–water partition coefficient (Wildman–Crippen LogP) is 3.81. The fraction of sp³-hybridized carbons (Fsp3) is 0.562. The number of benzene rings is 1. The number of rotatable bonds is 4. The summed E-state index contributed by atoms with van der Waals surface area (Å²) >= 11 is 3.33. The van der Waals surface area contributed by atoms with Gasteiger partial charge in [-0.05, 0) is 59.2 Å². The Balaban J connectivity index is 1.71. The second kappa shape index (κ2) is 6.05. The molecule has 2 saturated heterocycles. The molecule has 2 unspecified atom stereocenters. The van der Waals surface area contributed by atoms with E-state index in [0.29, 0.717) is 22.5 Å². The highest BCUT2D eigenvalue weighted by Gasteiger charge is 2.41. The largest absolute Gasteiger partial charge is 0.481 e. The van der Waals surface area contributed by atoms with Crippen molar-refractivity contribution in [3.8, 4) is 0 Å². The van der Waals surface area contributed by atoms with Gasteiger partial charge >= 0.3 is 5.97 Å². The van der Waals surface area contributed by atoms with E-state index in [0.717, 1.165) is 37.8 Å². The first kappa shape index (κ1) is 15.0. The third-order valence-electron chi connectivity index (χ3n) is 4.83. The Hall–Kier alpha value is -0.940. The summed E-state index contributed by atoms with van der Waals surface area (Å²) in [5, 5.41) is 8.97. The van der Waals surface area contributed by atoms with E-state index in [-0.39, 0.29) is 12.2 Å². The first-order valence-electron chi connectivity index (χ1n) is 7.45. The van der Waals surface area contributed by atoms with Crippen molar-refractivity contribution < 1.29 is 14.3 Å². The van der Waals surface area contributed by atoms with Gasteiger partial charge in [0.1, 0.15) is 5.82 Å². The number of hydrogen-bond acceptors (Lipinski definition) is 2. The van der Waals surface area contributed by atoms with Crippen molar-refractivity contribution in [3.05, 3.63) is 34.1 Å². The first-order valence-corrected chi connectivity index (χ1v) is 8.24. The zero-order valence-corrected chi connectivity index (χ0v) is 13.4. The topological polar surface area (TPSA) is 40.5 Å². The maximum absolute atomic E-state index is 13.6. The number of carbonyl (C=O) groups is 1. The molecule has 2 aliphatic rings. The monoisotopic (exact) mass is 355 g/mol. The zero-order chi connectivity index (χ0) is 15.0. The lowest BCUT2D eigenvalue weighted by Crippen LogP contribution is -2.42. The quantitative estimate of drug-likeness (QED) is 0.892. The normalized spacial score (nSPS) is 28.8. The number of hydrogen-bond donors (Lipinski definition) is 1. The van der Waals surface area contributed by atoms with Gasteiger partial charge in [0.25, 0.3) is 0 Å². The van der Waals surface area contributed by atoms with Crippen LogP contribution in [0.5, 0.6) is 0 Å². The van der Waals surface area contributed by atoms with Gasteiger partial charge in [0, 0.05) is 25.0 Å². The van der Waals surface area contributed by atoms with Crippen molar-refractivity contribution in [2.45, 2.75) is 50.7 Å². The maximum atomic E-state index is 13.6. The number of carboxylic acids is 1. The molecule has 5 heteroatoms. The van der Waals surface area contributed by atoms with E-state index < -0.39 is 5.97 Å². The van der Waals surface area contributed by atoms with E-state index >= 15 is 0 Å². The lowest BCUT2D eigenvalue weighted by atomic mass is 9.88. The van der Waals surface area contributed by atoms with Gasteiger partial charge in [0.05, 0.1) is 4.47 Å². The highest BCUT2D eigenvalue weighted by Crippen LogP contribution is 2.41. The molecule has 3 nitrogen and oxygen atoms in total. The number of piperidine rings is 1. The molecule has 2 atom stereocenters. The Bertz CT molecular complexity index is 537. The fourth-order valence-electron chi connectivity index (χ4n) is 3.93. The average molecular weight is 356 g/mol. The molecule has 2 aliphatic heterocycles. The summed E-state index contributed by atoms with van der Waals surface area (Å²) in [6, 6.07) is 6.05. The Kier molecular flexibility index (Phi) is 4.31. The molecule has 0 amide bonds. The molecule has 1 N–H and O–H groups in total. The van der Waals surface area contributed by atoms with Gasteiger partial charge in [-0.15, -0.1) is 0 Å². The standard InChI is InChI=1S/C16H19BrFNO2/c17-16-11(2-1-3-14(16)18)9-19-12-4-5-13(19)7-10(6-12)8-15(20)21/h1-3,10,12-13H,4-9H2,(H,20,21). The molecule has 2 bridgehead atoms. The summed E-state index contributed by atoms with van der Waals surface area (Å²) in [5.41, 5.74) is 0.976. The Morgan fingerprint density at radius 2 is 2.00 bits per heavy atom. The molecule has 3 rings (SSSR count). The Morgan fingerprint density at radius 1 is 1.33 bits per heavy atom. The molecule has 0 saturated carbocycles. The second-order valence-electron chi connectivity index (χ2n) is 6.21. The molecule has 2 heterocycles. The molecule has 21 heavy (non-hydrogen) atoms. The number of nitrogens with zero attached hydrogens (tertiary/aromatic N) is 1. The SMILES string of the molecule is O=C(O)CC1CC2CCC(C1)N2Cc1cccc(F)c1Br. The molecule has 1 aromatic carbocycles. The number of halogens is 2. The van der Waals surface area contributed by atoms with Crippen molar-refractivity contribution in [3.63, 3.8) is 0 Å². The van der Waals surface area contributed by atoms with Crippen LogP contribution in [0.1, 0.15) is 37.7 Å². The summed E-state index contributed by atoms with van der Waals surface area (Å²) in [5.74, 6) is -0.617. The third kappa shape index (κ3) is 3.14. The summed E-state index contributed by atoms with van der Waals surface area (Å²) in [6.07, 6.45) is 4.46. The van der Waals surface area contributed by atoms with Crippen LogP contribution < -0.4 is 0 Å². The van der Waals surface area contributed by atoms with Gasteiger partial charge in [-0.3, -0.25) is 9.69 Å². The number of carboxylic acid groups (broad SMARTS) is 1. The molecular weight excluding hydrogens is 337 g/mol. The molecule has 114 valence electrons. The Labute approximate surface area is 132 Å².